The number of piperidine rings is 2. The molecule has 10 atom stereocenters. The van der Waals surface area contributed by atoms with Gasteiger partial charge in [0.2, 0.25) is 0 Å². The Morgan fingerprint density at radius 3 is 2.34 bits per heavy atom. The summed E-state index contributed by atoms with van der Waals surface area (Å²) in [5.74, 6) is 2.76. The van der Waals surface area contributed by atoms with Crippen LogP contribution in [0.4, 0.5) is 0 Å². The molecule has 6 nitrogen and oxygen atoms in total. The molecule has 7 fully saturated rings. The van der Waals surface area contributed by atoms with Crippen LogP contribution < -0.4 is 0 Å². The molecule has 8 aliphatic rings. The number of allylic oxidation sites excluding steroid dienone is 1. The van der Waals surface area contributed by atoms with Crippen LogP contribution in [0.1, 0.15) is 117 Å². The van der Waals surface area contributed by atoms with E-state index in [2.05, 4.69) is 36.6 Å². The number of rotatable bonds is 10. The highest BCUT2D eigenvalue weighted by Crippen LogP contribution is 2.84. The van der Waals surface area contributed by atoms with Crippen LogP contribution in [0.2, 0.25) is 0 Å². The monoisotopic (exact) mass is 648 g/mol. The lowest BCUT2D eigenvalue weighted by Gasteiger charge is -2.60. The minimum absolute atomic E-state index is 0.0836. The minimum Gasteiger partial charge on any atom is -0.481 e. The van der Waals surface area contributed by atoms with E-state index in [9.17, 15) is 14.7 Å². The van der Waals surface area contributed by atoms with Crippen LogP contribution in [-0.2, 0) is 14.3 Å². The Labute approximate surface area is 284 Å². The predicted molar refractivity (Wildman–Crippen MR) is 185 cm³/mol. The number of carboxylic acid groups (broad SMARTS) is 1. The van der Waals surface area contributed by atoms with Gasteiger partial charge in [0.15, 0.2) is 0 Å². The van der Waals surface area contributed by atoms with Crippen molar-refractivity contribution in [1.29, 1.82) is 0 Å². The van der Waals surface area contributed by atoms with Gasteiger partial charge in [-0.15, -0.1) is 0 Å². The molecule has 0 radical (unpaired) electrons. The van der Waals surface area contributed by atoms with Crippen LogP contribution >= 0.6 is 0 Å². The molecule has 0 aromatic heterocycles. The number of carbonyl (C=O) groups excluding carboxylic acids is 1. The Hall–Kier alpha value is -1.24. The molecule has 47 heavy (non-hydrogen) atoms. The van der Waals surface area contributed by atoms with Crippen molar-refractivity contribution in [2.75, 3.05) is 39.3 Å². The van der Waals surface area contributed by atoms with Gasteiger partial charge in [-0.25, -0.2) is 0 Å². The summed E-state index contributed by atoms with van der Waals surface area (Å²) in [7, 11) is 0. The first-order valence-corrected chi connectivity index (χ1v) is 20.3. The van der Waals surface area contributed by atoms with E-state index in [0.29, 0.717) is 17.8 Å². The first-order chi connectivity index (χ1) is 22.7. The van der Waals surface area contributed by atoms with E-state index in [-0.39, 0.29) is 30.0 Å². The highest BCUT2D eigenvalue weighted by Gasteiger charge is 2.86. The highest BCUT2D eigenvalue weighted by molar-refractivity contribution is 5.90. The SMILES string of the molecule is CC(C)C1=CC2CC3(C=O)[C@@H]4CC[C@@H](C)[C@H]4CC2(C2CC(CC4CCCC4)C(CN4CCC(CN5CCCCC5)CC4)O2)C13C(=O)O. The molecule has 3 aliphatic heterocycles. The zero-order valence-corrected chi connectivity index (χ0v) is 29.8. The van der Waals surface area contributed by atoms with E-state index in [1.54, 1.807) is 0 Å². The third kappa shape index (κ3) is 4.86. The molecule has 262 valence electrons. The Morgan fingerprint density at radius 1 is 0.936 bits per heavy atom. The minimum atomic E-state index is -1.13. The van der Waals surface area contributed by atoms with Gasteiger partial charge >= 0.3 is 5.97 Å². The van der Waals surface area contributed by atoms with Gasteiger partial charge in [0.05, 0.1) is 17.6 Å². The first-order valence-electron chi connectivity index (χ1n) is 20.3. The fourth-order valence-corrected chi connectivity index (χ4v) is 14.2. The van der Waals surface area contributed by atoms with E-state index >= 15 is 0 Å². The van der Waals surface area contributed by atoms with Crippen molar-refractivity contribution in [3.63, 3.8) is 0 Å². The number of hydrogen-bond acceptors (Lipinski definition) is 5. The summed E-state index contributed by atoms with van der Waals surface area (Å²) in [5.41, 5.74) is -1.38. The van der Waals surface area contributed by atoms with Crippen LogP contribution in [0.3, 0.4) is 0 Å². The van der Waals surface area contributed by atoms with Crippen LogP contribution in [0, 0.1) is 63.6 Å². The largest absolute Gasteiger partial charge is 0.481 e. The summed E-state index contributed by atoms with van der Waals surface area (Å²) in [6, 6.07) is 0. The second-order valence-corrected chi connectivity index (χ2v) is 18.5. The van der Waals surface area contributed by atoms with Gasteiger partial charge in [0.25, 0.3) is 0 Å². The van der Waals surface area contributed by atoms with Gasteiger partial charge in [-0.05, 0) is 131 Å². The summed E-state index contributed by atoms with van der Waals surface area (Å²) >= 11 is 0. The van der Waals surface area contributed by atoms with Crippen molar-refractivity contribution in [2.45, 2.75) is 129 Å². The van der Waals surface area contributed by atoms with Crippen LogP contribution in [0.15, 0.2) is 11.6 Å². The topological polar surface area (TPSA) is 70.1 Å². The van der Waals surface area contributed by atoms with E-state index in [4.69, 9.17) is 4.74 Å². The van der Waals surface area contributed by atoms with Crippen molar-refractivity contribution in [1.82, 2.24) is 9.80 Å². The molecule has 8 rings (SSSR count). The zero-order valence-electron chi connectivity index (χ0n) is 29.8. The van der Waals surface area contributed by atoms with Gasteiger partial charge < -0.3 is 24.4 Å². The van der Waals surface area contributed by atoms with Crippen molar-refractivity contribution in [3.05, 3.63) is 11.6 Å². The molecule has 4 saturated carbocycles. The number of hydrogen-bond donors (Lipinski definition) is 1. The number of nitrogens with zero attached hydrogens (tertiary/aromatic N) is 2. The average Bonchev–Trinajstić information content (AvgIpc) is 3.88. The van der Waals surface area contributed by atoms with E-state index in [1.807, 2.05) is 0 Å². The average molecular weight is 649 g/mol. The molecule has 3 heterocycles. The van der Waals surface area contributed by atoms with Crippen molar-refractivity contribution < 1.29 is 19.4 Å². The zero-order chi connectivity index (χ0) is 32.6. The third-order valence-electron chi connectivity index (χ3n) is 16.2. The maximum atomic E-state index is 14.2. The third-order valence-corrected chi connectivity index (χ3v) is 16.2. The number of fused-ring (bicyclic) bond motifs is 2. The number of aldehydes is 1. The normalized spacial score (nSPS) is 46.0. The summed E-state index contributed by atoms with van der Waals surface area (Å²) < 4.78 is 7.49. The molecule has 6 heteroatoms. The van der Waals surface area contributed by atoms with Gasteiger partial charge in [-0.1, -0.05) is 70.9 Å². The van der Waals surface area contributed by atoms with E-state index in [1.165, 1.54) is 103 Å². The van der Waals surface area contributed by atoms with Crippen molar-refractivity contribution >= 4 is 12.3 Å². The number of carbonyl (C=O) groups is 2. The van der Waals surface area contributed by atoms with Crippen molar-refractivity contribution in [3.8, 4) is 0 Å². The quantitative estimate of drug-likeness (QED) is 0.196. The Balaban J connectivity index is 1.08. The predicted octanol–water partition coefficient (Wildman–Crippen LogP) is 7.46. The molecule has 5 aliphatic carbocycles. The van der Waals surface area contributed by atoms with Crippen LogP contribution in [-0.4, -0.2) is 78.6 Å². The lowest BCUT2D eigenvalue weighted by atomic mass is 9.41. The maximum Gasteiger partial charge on any atom is 0.315 e. The molecule has 1 N–H and O–H groups in total. The lowest BCUT2D eigenvalue weighted by Crippen LogP contribution is -2.65. The van der Waals surface area contributed by atoms with Crippen molar-refractivity contribution in [2.24, 2.45) is 63.6 Å². The number of ether oxygens (including phenoxy) is 1. The molecule has 3 saturated heterocycles. The van der Waals surface area contributed by atoms with Gasteiger partial charge in [-0.3, -0.25) is 4.79 Å². The van der Waals surface area contributed by atoms with Gasteiger partial charge in [0.1, 0.15) is 11.7 Å². The number of aliphatic carboxylic acids is 1. The number of likely N-dealkylation sites (tertiary alicyclic amines) is 2. The molecule has 4 bridgehead atoms. The fraction of sp³-hybridized carbons (Fsp3) is 0.902. The maximum absolute atomic E-state index is 14.2. The second kappa shape index (κ2) is 12.5. The Morgan fingerprint density at radius 2 is 1.66 bits per heavy atom. The Kier molecular flexibility index (Phi) is 8.77. The summed E-state index contributed by atoms with van der Waals surface area (Å²) in [6.45, 7) is 13.9. The Bertz CT molecular complexity index is 1210. The van der Waals surface area contributed by atoms with Crippen LogP contribution in [0.5, 0.6) is 0 Å². The second-order valence-electron chi connectivity index (χ2n) is 18.5. The molecule has 0 amide bonds. The first kappa shape index (κ1) is 32.9. The molecular weight excluding hydrogens is 584 g/mol. The molecule has 0 aromatic rings. The summed E-state index contributed by atoms with van der Waals surface area (Å²) in [5, 5.41) is 11.6. The van der Waals surface area contributed by atoms with Crippen LogP contribution in [0.25, 0.3) is 0 Å². The van der Waals surface area contributed by atoms with E-state index in [0.717, 1.165) is 56.1 Å². The fourth-order valence-electron chi connectivity index (χ4n) is 14.2. The summed E-state index contributed by atoms with van der Waals surface area (Å²) in [6.07, 6.45) is 21.8. The van der Waals surface area contributed by atoms with E-state index < -0.39 is 22.2 Å². The molecule has 0 spiro atoms. The molecule has 0 aromatic carbocycles. The van der Waals surface area contributed by atoms with Gasteiger partial charge in [-0.2, -0.15) is 0 Å². The highest BCUT2D eigenvalue weighted by atomic mass is 16.5. The molecule has 7 unspecified atom stereocenters. The smallest absolute Gasteiger partial charge is 0.315 e. The number of carboxylic acids is 1. The summed E-state index contributed by atoms with van der Waals surface area (Å²) in [4.78, 5) is 33.2. The van der Waals surface area contributed by atoms with Gasteiger partial charge in [0, 0.05) is 18.5 Å². The standard InChI is InChI=1S/C41H64N2O4/c1-27(2)35-21-32-22-39(26-44)34-12-11-28(3)33(34)23-40(32,41(35,39)38(45)46)37-20-31(19-29-9-5-6-10-29)36(47-37)25-43-17-13-30(14-18-43)24-42-15-7-4-8-16-42/h21,26-34,36-37H,4-20,22-25H2,1-3H3,(H,45,46)/t28-,31?,32?,33-,34-,36?,37?,39?,40?,41?/m1/s1. The molecular formula is C41H64N2O4. The lowest BCUT2D eigenvalue weighted by molar-refractivity contribution is -0.197.